The minimum Gasteiger partial charge on any atom is -0.327 e. The van der Waals surface area contributed by atoms with Crippen LogP contribution in [0.15, 0.2) is 102 Å². The van der Waals surface area contributed by atoms with Crippen molar-refractivity contribution in [2.45, 2.75) is 25.5 Å². The molecule has 168 valence electrons. The van der Waals surface area contributed by atoms with Crippen LogP contribution >= 0.6 is 23.4 Å². The fourth-order valence-electron chi connectivity index (χ4n) is 3.62. The molecule has 0 saturated carbocycles. The number of hydrogen-bond acceptors (Lipinski definition) is 3. The molecule has 0 atom stereocenters. The number of amidine groups is 1. The summed E-state index contributed by atoms with van der Waals surface area (Å²) in [5.41, 5.74) is 6.64. The van der Waals surface area contributed by atoms with E-state index in [1.54, 1.807) is 11.8 Å². The number of benzene rings is 3. The third kappa shape index (κ3) is 6.16. The fraction of sp³-hybridized carbons (Fsp3) is 0.179. The van der Waals surface area contributed by atoms with E-state index < -0.39 is 0 Å². The van der Waals surface area contributed by atoms with Crippen LogP contribution in [0.25, 0.3) is 11.1 Å². The SMILES string of the molecule is C=C1N=C(SCc2ccc(F)cc2)N(CCc2ccc(-c3ccc(Cl)cc3)cc2)C=C1CC. The Bertz CT molecular complexity index is 1170. The van der Waals surface area contributed by atoms with Crippen molar-refractivity contribution in [2.75, 3.05) is 6.54 Å². The zero-order valence-corrected chi connectivity index (χ0v) is 20.2. The van der Waals surface area contributed by atoms with Crippen LogP contribution in [0.3, 0.4) is 0 Å². The van der Waals surface area contributed by atoms with Crippen LogP contribution in [0.2, 0.25) is 5.02 Å². The van der Waals surface area contributed by atoms with Crippen LogP contribution in [0, 0.1) is 5.82 Å². The van der Waals surface area contributed by atoms with Gasteiger partial charge in [0.1, 0.15) is 5.82 Å². The molecule has 0 N–H and O–H groups in total. The number of aliphatic imine (C=N–C) groups is 1. The topological polar surface area (TPSA) is 15.6 Å². The van der Waals surface area contributed by atoms with Gasteiger partial charge in [-0.3, -0.25) is 0 Å². The average molecular weight is 477 g/mol. The van der Waals surface area contributed by atoms with Gasteiger partial charge in [-0.15, -0.1) is 0 Å². The van der Waals surface area contributed by atoms with Crippen LogP contribution in [0.5, 0.6) is 0 Å². The summed E-state index contributed by atoms with van der Waals surface area (Å²) in [5, 5.41) is 1.67. The van der Waals surface area contributed by atoms with Gasteiger partial charge in [0.2, 0.25) is 0 Å². The molecule has 0 fully saturated rings. The van der Waals surface area contributed by atoms with Gasteiger partial charge in [-0.1, -0.05) is 85.4 Å². The summed E-state index contributed by atoms with van der Waals surface area (Å²) in [5.74, 6) is 0.514. The molecular formula is C28H26ClFN2S. The number of hydrogen-bond donors (Lipinski definition) is 0. The van der Waals surface area contributed by atoms with Crippen LogP contribution in [-0.4, -0.2) is 16.6 Å². The second-order valence-corrected chi connectivity index (χ2v) is 9.29. The Morgan fingerprint density at radius 2 is 1.52 bits per heavy atom. The Balaban J connectivity index is 1.42. The molecule has 2 nitrogen and oxygen atoms in total. The Morgan fingerprint density at radius 3 is 2.15 bits per heavy atom. The first-order valence-corrected chi connectivity index (χ1v) is 12.4. The molecule has 1 aliphatic rings. The van der Waals surface area contributed by atoms with Crippen LogP contribution in [0.4, 0.5) is 4.39 Å². The molecular weight excluding hydrogens is 451 g/mol. The molecule has 0 radical (unpaired) electrons. The van der Waals surface area contributed by atoms with Gasteiger partial charge in [-0.25, -0.2) is 9.38 Å². The number of halogens is 2. The van der Waals surface area contributed by atoms with Crippen molar-refractivity contribution in [3.8, 4) is 11.1 Å². The average Bonchev–Trinajstić information content (AvgIpc) is 2.84. The van der Waals surface area contributed by atoms with Crippen molar-refractivity contribution in [2.24, 2.45) is 4.99 Å². The van der Waals surface area contributed by atoms with Gasteiger partial charge in [0, 0.05) is 23.5 Å². The molecule has 1 aliphatic heterocycles. The van der Waals surface area contributed by atoms with E-state index in [1.165, 1.54) is 23.3 Å². The summed E-state index contributed by atoms with van der Waals surface area (Å²) in [6, 6.07) is 23.2. The van der Waals surface area contributed by atoms with Crippen molar-refractivity contribution in [1.29, 1.82) is 0 Å². The van der Waals surface area contributed by atoms with Crippen LogP contribution < -0.4 is 0 Å². The zero-order chi connectivity index (χ0) is 23.2. The smallest absolute Gasteiger partial charge is 0.168 e. The van der Waals surface area contributed by atoms with E-state index in [2.05, 4.69) is 48.9 Å². The summed E-state index contributed by atoms with van der Waals surface area (Å²) in [6.45, 7) is 7.07. The van der Waals surface area contributed by atoms with E-state index in [0.717, 1.165) is 57.7 Å². The summed E-state index contributed by atoms with van der Waals surface area (Å²) in [7, 11) is 0. The summed E-state index contributed by atoms with van der Waals surface area (Å²) < 4.78 is 13.2. The fourth-order valence-corrected chi connectivity index (χ4v) is 4.72. The third-order valence-corrected chi connectivity index (χ3v) is 6.91. The highest BCUT2D eigenvalue weighted by atomic mass is 35.5. The maximum Gasteiger partial charge on any atom is 0.168 e. The van der Waals surface area contributed by atoms with Crippen LogP contribution in [-0.2, 0) is 12.2 Å². The molecule has 0 saturated heterocycles. The highest BCUT2D eigenvalue weighted by Gasteiger charge is 2.18. The van der Waals surface area contributed by atoms with E-state index in [0.29, 0.717) is 0 Å². The largest absolute Gasteiger partial charge is 0.327 e. The third-order valence-electron chi connectivity index (χ3n) is 5.59. The summed E-state index contributed by atoms with van der Waals surface area (Å²) >= 11 is 7.66. The molecule has 3 aromatic carbocycles. The first kappa shape index (κ1) is 23.3. The van der Waals surface area contributed by atoms with Crippen LogP contribution in [0.1, 0.15) is 24.5 Å². The molecule has 33 heavy (non-hydrogen) atoms. The molecule has 0 bridgehead atoms. The zero-order valence-electron chi connectivity index (χ0n) is 18.6. The second kappa shape index (κ2) is 10.9. The normalized spacial score (nSPS) is 13.7. The minimum absolute atomic E-state index is 0.216. The van der Waals surface area contributed by atoms with Gasteiger partial charge in [0.25, 0.3) is 0 Å². The molecule has 0 spiro atoms. The number of thioether (sulfide) groups is 1. The number of allylic oxidation sites excluding steroid dienone is 1. The first-order chi connectivity index (χ1) is 16.0. The Hall–Kier alpha value is -2.82. The molecule has 4 rings (SSSR count). The maximum absolute atomic E-state index is 13.2. The van der Waals surface area contributed by atoms with Gasteiger partial charge in [-0.05, 0) is 64.9 Å². The number of nitrogens with zero attached hydrogens (tertiary/aromatic N) is 2. The summed E-state index contributed by atoms with van der Waals surface area (Å²) in [6.07, 6.45) is 3.96. The van der Waals surface area contributed by atoms with Gasteiger partial charge in [-0.2, -0.15) is 0 Å². The maximum atomic E-state index is 13.2. The van der Waals surface area contributed by atoms with E-state index >= 15 is 0 Å². The lowest BCUT2D eigenvalue weighted by Crippen LogP contribution is -2.29. The molecule has 0 aliphatic carbocycles. The molecule has 3 aromatic rings. The van der Waals surface area contributed by atoms with Gasteiger partial charge < -0.3 is 4.90 Å². The van der Waals surface area contributed by atoms with E-state index in [9.17, 15) is 4.39 Å². The van der Waals surface area contributed by atoms with E-state index in [4.69, 9.17) is 16.6 Å². The lowest BCUT2D eigenvalue weighted by molar-refractivity contribution is 0.554. The molecule has 0 unspecified atom stereocenters. The van der Waals surface area contributed by atoms with Crippen molar-refractivity contribution >= 4 is 28.5 Å². The lowest BCUT2D eigenvalue weighted by atomic mass is 10.0. The van der Waals surface area contributed by atoms with Crippen molar-refractivity contribution < 1.29 is 4.39 Å². The Labute approximate surface area is 204 Å². The molecule has 0 aromatic heterocycles. The predicted molar refractivity (Wildman–Crippen MR) is 140 cm³/mol. The Kier molecular flexibility index (Phi) is 7.69. The van der Waals surface area contributed by atoms with Crippen molar-refractivity contribution in [1.82, 2.24) is 4.90 Å². The van der Waals surface area contributed by atoms with E-state index in [-0.39, 0.29) is 5.82 Å². The highest BCUT2D eigenvalue weighted by molar-refractivity contribution is 8.13. The minimum atomic E-state index is -0.216. The molecule has 5 heteroatoms. The number of rotatable bonds is 7. The highest BCUT2D eigenvalue weighted by Crippen LogP contribution is 2.27. The quantitative estimate of drug-likeness (QED) is 0.342. The molecule has 0 amide bonds. The van der Waals surface area contributed by atoms with Gasteiger partial charge in [0.15, 0.2) is 5.17 Å². The standard InChI is InChI=1S/C28H26ClFN2S/c1-3-23-18-32(28(31-20(23)2)33-19-22-6-14-27(30)15-7-22)17-16-21-4-8-24(9-5-21)25-10-12-26(29)13-11-25/h4-15,18H,2-3,16-17,19H2,1H3. The van der Waals surface area contributed by atoms with Gasteiger partial charge in [0.05, 0.1) is 5.70 Å². The summed E-state index contributed by atoms with van der Waals surface area (Å²) in [4.78, 5) is 7.00. The van der Waals surface area contributed by atoms with Crippen molar-refractivity contribution in [3.05, 3.63) is 119 Å². The first-order valence-electron chi connectivity index (χ1n) is 11.0. The van der Waals surface area contributed by atoms with E-state index in [1.807, 2.05) is 36.4 Å². The van der Waals surface area contributed by atoms with Gasteiger partial charge >= 0.3 is 0 Å². The molecule has 1 heterocycles. The second-order valence-electron chi connectivity index (χ2n) is 7.91. The lowest BCUT2D eigenvalue weighted by Gasteiger charge is -2.27. The monoisotopic (exact) mass is 476 g/mol. The Morgan fingerprint density at radius 1 is 0.909 bits per heavy atom. The van der Waals surface area contributed by atoms with Crippen molar-refractivity contribution in [3.63, 3.8) is 0 Å². The predicted octanol–water partition coefficient (Wildman–Crippen LogP) is 8.10.